The molecule has 0 fully saturated rings. The van der Waals surface area contributed by atoms with E-state index >= 15 is 0 Å². The molecule has 1 atom stereocenters. The standard InChI is InChI=1S/C22H21/c1-3-5-6-9-17(4-2)20-12-13-21-14-18-10-7-8-11-19(18)15-22(21)16-20/h7-8,10-17H,3,5-6,9H2,1H3. The maximum atomic E-state index is 7.62. The summed E-state index contributed by atoms with van der Waals surface area (Å²) < 4.78 is 0. The van der Waals surface area contributed by atoms with Crippen molar-refractivity contribution in [3.63, 3.8) is 0 Å². The van der Waals surface area contributed by atoms with Gasteiger partial charge < -0.3 is 0 Å². The van der Waals surface area contributed by atoms with Gasteiger partial charge in [-0.1, -0.05) is 68.5 Å². The molecule has 0 aliphatic heterocycles. The molecule has 0 saturated carbocycles. The quantitative estimate of drug-likeness (QED) is 0.295. The number of fused-ring (bicyclic) bond motifs is 2. The van der Waals surface area contributed by atoms with Crippen molar-refractivity contribution in [3.05, 3.63) is 66.6 Å². The normalized spacial score (nSPS) is 12.4. The summed E-state index contributed by atoms with van der Waals surface area (Å²) in [6.07, 6.45) is 12.3. The third-order valence-corrected chi connectivity index (χ3v) is 4.40. The molecule has 3 aromatic carbocycles. The highest BCUT2D eigenvalue weighted by molar-refractivity contribution is 5.98. The van der Waals surface area contributed by atoms with E-state index < -0.39 is 0 Å². The van der Waals surface area contributed by atoms with Crippen LogP contribution in [0, 0.1) is 12.3 Å². The summed E-state index contributed by atoms with van der Waals surface area (Å²) in [6, 6.07) is 19.5. The molecule has 0 aliphatic rings. The molecular weight excluding hydrogens is 264 g/mol. The van der Waals surface area contributed by atoms with Crippen LogP contribution in [0.3, 0.4) is 0 Å². The van der Waals surface area contributed by atoms with E-state index in [9.17, 15) is 0 Å². The molecule has 1 unspecified atom stereocenters. The van der Waals surface area contributed by atoms with Crippen molar-refractivity contribution in [2.24, 2.45) is 0 Å². The molecule has 0 amide bonds. The summed E-state index contributed by atoms with van der Waals surface area (Å²) in [4.78, 5) is 0. The van der Waals surface area contributed by atoms with Crippen molar-refractivity contribution in [2.45, 2.75) is 38.5 Å². The fraction of sp³-hybridized carbons (Fsp3) is 0.273. The van der Waals surface area contributed by atoms with Gasteiger partial charge in [-0.05, 0) is 58.2 Å². The predicted molar refractivity (Wildman–Crippen MR) is 95.5 cm³/mol. The summed E-state index contributed by atoms with van der Waals surface area (Å²) in [5.41, 5.74) is 1.22. The van der Waals surface area contributed by atoms with E-state index in [-0.39, 0.29) is 5.92 Å². The molecule has 0 heteroatoms. The predicted octanol–water partition coefficient (Wildman–Crippen LogP) is 6.25. The van der Waals surface area contributed by atoms with Gasteiger partial charge in [-0.2, -0.15) is 0 Å². The SMILES string of the molecule is [C]#CC(CCCCC)c1ccc2cc3ccccc3cc2c1. The minimum atomic E-state index is 0.127. The summed E-state index contributed by atoms with van der Waals surface area (Å²) in [6.45, 7) is 2.21. The maximum absolute atomic E-state index is 7.62. The minimum absolute atomic E-state index is 0.127. The van der Waals surface area contributed by atoms with E-state index in [1.807, 2.05) is 0 Å². The Morgan fingerprint density at radius 2 is 1.55 bits per heavy atom. The average molecular weight is 285 g/mol. The first-order valence-corrected chi connectivity index (χ1v) is 8.16. The lowest BCUT2D eigenvalue weighted by molar-refractivity contribution is 0.637. The van der Waals surface area contributed by atoms with Crippen molar-refractivity contribution in [1.29, 1.82) is 0 Å². The molecule has 0 aliphatic carbocycles. The molecule has 0 aromatic heterocycles. The van der Waals surface area contributed by atoms with Crippen LogP contribution in [0.5, 0.6) is 0 Å². The van der Waals surface area contributed by atoms with Gasteiger partial charge in [0, 0.05) is 5.92 Å². The van der Waals surface area contributed by atoms with Crippen LogP contribution < -0.4 is 0 Å². The van der Waals surface area contributed by atoms with E-state index in [4.69, 9.17) is 6.42 Å². The Bertz CT molecular complexity index is 820. The molecule has 0 spiro atoms. The number of hydrogen-bond acceptors (Lipinski definition) is 0. The zero-order chi connectivity index (χ0) is 15.4. The fourth-order valence-electron chi connectivity index (χ4n) is 3.10. The highest BCUT2D eigenvalue weighted by Crippen LogP contribution is 2.28. The van der Waals surface area contributed by atoms with Gasteiger partial charge in [-0.3, -0.25) is 0 Å². The molecule has 22 heavy (non-hydrogen) atoms. The summed E-state index contributed by atoms with van der Waals surface area (Å²) in [7, 11) is 0. The van der Waals surface area contributed by atoms with Gasteiger partial charge >= 0.3 is 0 Å². The Morgan fingerprint density at radius 1 is 0.864 bits per heavy atom. The Hall–Kier alpha value is -2.26. The van der Waals surface area contributed by atoms with Crippen molar-refractivity contribution in [2.75, 3.05) is 0 Å². The summed E-state index contributed by atoms with van der Waals surface area (Å²) >= 11 is 0. The Labute approximate surface area is 133 Å². The largest absolute Gasteiger partial charge is 0.0809 e. The van der Waals surface area contributed by atoms with Crippen LogP contribution in [0.15, 0.2) is 54.6 Å². The van der Waals surface area contributed by atoms with E-state index in [1.54, 1.807) is 0 Å². The third kappa shape index (κ3) is 3.00. The van der Waals surface area contributed by atoms with E-state index in [1.165, 1.54) is 46.4 Å². The van der Waals surface area contributed by atoms with Crippen LogP contribution in [-0.4, -0.2) is 0 Å². The molecule has 3 rings (SSSR count). The van der Waals surface area contributed by atoms with Gasteiger partial charge in [0.1, 0.15) is 0 Å². The van der Waals surface area contributed by atoms with Gasteiger partial charge in [-0.15, -0.1) is 0 Å². The van der Waals surface area contributed by atoms with Crippen molar-refractivity contribution in [1.82, 2.24) is 0 Å². The molecular formula is C22H21. The molecule has 0 heterocycles. The molecule has 109 valence electrons. The van der Waals surface area contributed by atoms with Crippen molar-refractivity contribution < 1.29 is 0 Å². The van der Waals surface area contributed by atoms with Crippen LogP contribution in [0.2, 0.25) is 0 Å². The van der Waals surface area contributed by atoms with Gasteiger partial charge in [0.15, 0.2) is 0 Å². The first kappa shape index (κ1) is 14.7. The lowest BCUT2D eigenvalue weighted by atomic mass is 9.91. The molecule has 0 saturated heterocycles. The van der Waals surface area contributed by atoms with Crippen LogP contribution in [0.1, 0.15) is 44.1 Å². The lowest BCUT2D eigenvalue weighted by Crippen LogP contribution is -1.96. The van der Waals surface area contributed by atoms with Crippen LogP contribution >= 0.6 is 0 Å². The third-order valence-electron chi connectivity index (χ3n) is 4.40. The smallest absolute Gasteiger partial charge is 0.0462 e. The van der Waals surface area contributed by atoms with Crippen molar-refractivity contribution in [3.8, 4) is 5.92 Å². The van der Waals surface area contributed by atoms with Gasteiger partial charge in [-0.25, -0.2) is 0 Å². The summed E-state index contributed by atoms with van der Waals surface area (Å²) in [5, 5.41) is 5.07. The zero-order valence-corrected chi connectivity index (χ0v) is 13.1. The first-order chi connectivity index (χ1) is 10.8. The molecule has 1 radical (unpaired) electrons. The minimum Gasteiger partial charge on any atom is -0.0809 e. The number of rotatable bonds is 5. The maximum Gasteiger partial charge on any atom is 0.0462 e. The Morgan fingerprint density at radius 3 is 2.23 bits per heavy atom. The monoisotopic (exact) mass is 285 g/mol. The highest BCUT2D eigenvalue weighted by atomic mass is 14.1. The first-order valence-electron chi connectivity index (χ1n) is 8.16. The molecule has 0 nitrogen and oxygen atoms in total. The fourth-order valence-corrected chi connectivity index (χ4v) is 3.10. The van der Waals surface area contributed by atoms with Gasteiger partial charge in [0.05, 0.1) is 0 Å². The van der Waals surface area contributed by atoms with Crippen molar-refractivity contribution >= 4 is 21.5 Å². The van der Waals surface area contributed by atoms with Crippen LogP contribution in [0.25, 0.3) is 21.5 Å². The second-order valence-corrected chi connectivity index (χ2v) is 6.00. The average Bonchev–Trinajstić information content (AvgIpc) is 2.56. The number of hydrogen-bond donors (Lipinski definition) is 0. The molecule has 0 N–H and O–H groups in total. The topological polar surface area (TPSA) is 0 Å². The number of unbranched alkanes of at least 4 members (excludes halogenated alkanes) is 2. The lowest BCUT2D eigenvalue weighted by Gasteiger charge is -2.12. The molecule has 3 aromatic rings. The number of benzene rings is 3. The Kier molecular flexibility index (Phi) is 4.45. The highest BCUT2D eigenvalue weighted by Gasteiger charge is 2.09. The summed E-state index contributed by atoms with van der Waals surface area (Å²) in [5.74, 6) is 2.86. The van der Waals surface area contributed by atoms with Gasteiger partial charge in [0.25, 0.3) is 0 Å². The second-order valence-electron chi connectivity index (χ2n) is 6.00. The zero-order valence-electron chi connectivity index (χ0n) is 13.1. The van der Waals surface area contributed by atoms with E-state index in [2.05, 4.69) is 67.4 Å². The second kappa shape index (κ2) is 6.67. The van der Waals surface area contributed by atoms with E-state index in [0.717, 1.165) is 6.42 Å². The van der Waals surface area contributed by atoms with E-state index in [0.29, 0.717) is 0 Å². The van der Waals surface area contributed by atoms with Gasteiger partial charge in [0.2, 0.25) is 0 Å². The molecule has 0 bridgehead atoms. The van der Waals surface area contributed by atoms with Crippen LogP contribution in [0.4, 0.5) is 0 Å². The Balaban J connectivity index is 1.97. The van der Waals surface area contributed by atoms with Crippen LogP contribution in [-0.2, 0) is 0 Å².